The number of amides is 4. The Hall–Kier alpha value is -5.89. The molecular formula is C46H55FN8O4S. The summed E-state index contributed by atoms with van der Waals surface area (Å²) in [6.45, 7) is 13.8. The molecule has 6 rings (SSSR count). The largest absolute Gasteiger partial charge is 0.350 e. The predicted molar refractivity (Wildman–Crippen MR) is 233 cm³/mol. The van der Waals surface area contributed by atoms with Gasteiger partial charge in [0.05, 0.1) is 42.9 Å². The van der Waals surface area contributed by atoms with E-state index >= 15 is 0 Å². The van der Waals surface area contributed by atoms with Gasteiger partial charge in [-0.05, 0) is 90.9 Å². The fourth-order valence-electron chi connectivity index (χ4n) is 7.59. The zero-order valence-electron chi connectivity index (χ0n) is 35.3. The summed E-state index contributed by atoms with van der Waals surface area (Å²) >= 11 is 1.29. The highest BCUT2D eigenvalue weighted by Gasteiger charge is 2.46. The molecule has 2 saturated heterocycles. The Morgan fingerprint density at radius 2 is 1.38 bits per heavy atom. The molecule has 0 aliphatic carbocycles. The zero-order valence-corrected chi connectivity index (χ0v) is 36.1. The van der Waals surface area contributed by atoms with Crippen molar-refractivity contribution in [3.63, 3.8) is 0 Å². The van der Waals surface area contributed by atoms with Gasteiger partial charge in [-0.2, -0.15) is 0 Å². The van der Waals surface area contributed by atoms with Crippen molar-refractivity contribution >= 4 is 46.9 Å². The normalized spacial score (nSPS) is 21.2. The van der Waals surface area contributed by atoms with E-state index in [1.54, 1.807) is 11.0 Å². The van der Waals surface area contributed by atoms with Crippen LogP contribution in [0, 0.1) is 23.1 Å². The maximum Gasteiger partial charge on any atom is 0.261 e. The standard InChI is InChI=1S/C46H55FN8O4S/c1-28(2)22-46(24-40(57)54(43(48)51-46)25-32-18-36(21-37(47)19-32)41(58)49-30(5)34-14-10-8-11-15-34)53-44-52-45(7,29(3)4)23-39(56)55(44)26-33-20-38(60-27-33)42(59)50-31(6)35-16-12-9-13-17-35/h8-21,27-31H,22-26H2,1-7H3,(H2,48,51)(H,49,58)(H,50,59)(H,52,53)/t30-,31+,45+,46+/m1/s1. The van der Waals surface area contributed by atoms with Crippen LogP contribution in [-0.4, -0.2) is 56.5 Å². The Balaban J connectivity index is 1.23. The van der Waals surface area contributed by atoms with E-state index < -0.39 is 28.8 Å². The Morgan fingerprint density at radius 1 is 0.800 bits per heavy atom. The summed E-state index contributed by atoms with van der Waals surface area (Å²) in [6.07, 6.45) is 0.396. The van der Waals surface area contributed by atoms with E-state index in [1.165, 1.54) is 28.4 Å². The van der Waals surface area contributed by atoms with Gasteiger partial charge in [-0.3, -0.25) is 34.4 Å². The van der Waals surface area contributed by atoms with Crippen LogP contribution in [0.2, 0.25) is 0 Å². The minimum atomic E-state index is -1.30. The Labute approximate surface area is 355 Å². The van der Waals surface area contributed by atoms with E-state index in [2.05, 4.69) is 21.3 Å². The number of hydrogen-bond acceptors (Lipinski definition) is 7. The summed E-state index contributed by atoms with van der Waals surface area (Å²) in [6, 6.07) is 24.3. The molecule has 2 fully saturated rings. The number of hydrogen-bond donors (Lipinski definition) is 5. The van der Waals surface area contributed by atoms with Crippen LogP contribution in [0.5, 0.6) is 0 Å². The van der Waals surface area contributed by atoms with Crippen molar-refractivity contribution < 1.29 is 23.6 Å². The molecule has 12 nitrogen and oxygen atoms in total. The van der Waals surface area contributed by atoms with Crippen LogP contribution in [0.3, 0.4) is 0 Å². The fraction of sp³-hybridized carbons (Fsp3) is 0.391. The second kappa shape index (κ2) is 18.2. The molecule has 2 aliphatic heterocycles. The van der Waals surface area contributed by atoms with Gasteiger partial charge in [0.1, 0.15) is 11.5 Å². The molecule has 0 radical (unpaired) electrons. The van der Waals surface area contributed by atoms with Crippen LogP contribution in [0.25, 0.3) is 0 Å². The molecule has 3 aromatic carbocycles. The number of rotatable bonds is 14. The number of nitrogens with zero attached hydrogens (tertiary/aromatic N) is 3. The van der Waals surface area contributed by atoms with Gasteiger partial charge in [0.15, 0.2) is 5.96 Å². The molecule has 4 aromatic rings. The molecule has 0 saturated carbocycles. The highest BCUT2D eigenvalue weighted by atomic mass is 32.1. The number of thiophene rings is 1. The molecule has 1 aromatic heterocycles. The number of benzene rings is 3. The number of carbonyl (C=O) groups is 4. The molecule has 0 unspecified atom stereocenters. The molecule has 5 N–H and O–H groups in total. The first kappa shape index (κ1) is 43.7. The van der Waals surface area contributed by atoms with Crippen molar-refractivity contribution in [1.82, 2.24) is 31.1 Å². The van der Waals surface area contributed by atoms with E-state index in [0.29, 0.717) is 16.9 Å². The smallest absolute Gasteiger partial charge is 0.261 e. The van der Waals surface area contributed by atoms with Crippen molar-refractivity contribution in [2.24, 2.45) is 16.8 Å². The van der Waals surface area contributed by atoms with Crippen molar-refractivity contribution in [2.45, 2.75) is 104 Å². The third-order valence-corrected chi connectivity index (χ3v) is 12.2. The number of halogens is 1. The molecular weight excluding hydrogens is 780 g/mol. The first-order chi connectivity index (χ1) is 28.4. The summed E-state index contributed by atoms with van der Waals surface area (Å²) in [4.78, 5) is 63.1. The van der Waals surface area contributed by atoms with Crippen molar-refractivity contribution in [2.75, 3.05) is 0 Å². The number of nitrogens with one attached hydrogen (secondary N) is 5. The van der Waals surface area contributed by atoms with Gasteiger partial charge in [0.2, 0.25) is 17.8 Å². The molecule has 14 heteroatoms. The third kappa shape index (κ3) is 10.3. The van der Waals surface area contributed by atoms with Crippen molar-refractivity contribution in [3.8, 4) is 0 Å². The van der Waals surface area contributed by atoms with E-state index in [1.807, 2.05) is 115 Å². The van der Waals surface area contributed by atoms with Crippen LogP contribution in [0.4, 0.5) is 4.39 Å². The lowest BCUT2D eigenvalue weighted by Gasteiger charge is -2.46. The van der Waals surface area contributed by atoms with Crippen LogP contribution in [0.1, 0.15) is 122 Å². The highest BCUT2D eigenvalue weighted by Crippen LogP contribution is 2.33. The first-order valence-corrected chi connectivity index (χ1v) is 21.3. The lowest BCUT2D eigenvalue weighted by atomic mass is 9.83. The summed E-state index contributed by atoms with van der Waals surface area (Å²) in [5.74, 6) is -1.82. The van der Waals surface area contributed by atoms with Gasteiger partial charge in [0.25, 0.3) is 11.8 Å². The molecule has 0 spiro atoms. The lowest BCUT2D eigenvalue weighted by molar-refractivity contribution is -0.131. The van der Waals surface area contributed by atoms with Crippen LogP contribution >= 0.6 is 11.3 Å². The topological polar surface area (TPSA) is 159 Å². The quantitative estimate of drug-likeness (QED) is 0.0878. The summed E-state index contributed by atoms with van der Waals surface area (Å²) in [7, 11) is 0. The second-order valence-electron chi connectivity index (χ2n) is 16.9. The van der Waals surface area contributed by atoms with Gasteiger partial charge < -0.3 is 21.3 Å². The number of carbonyl (C=O) groups excluding carboxylic acids is 4. The Kier molecular flexibility index (Phi) is 13.2. The van der Waals surface area contributed by atoms with Crippen molar-refractivity contribution in [1.29, 1.82) is 5.41 Å². The second-order valence-corrected chi connectivity index (χ2v) is 17.8. The molecule has 2 aliphatic rings. The lowest BCUT2D eigenvalue weighted by Crippen LogP contribution is -2.66. The van der Waals surface area contributed by atoms with E-state index in [-0.39, 0.29) is 79.1 Å². The molecule has 60 heavy (non-hydrogen) atoms. The third-order valence-electron chi connectivity index (χ3n) is 11.3. The van der Waals surface area contributed by atoms with Crippen LogP contribution < -0.4 is 21.3 Å². The predicted octanol–water partition coefficient (Wildman–Crippen LogP) is 7.66. The average Bonchev–Trinajstić information content (AvgIpc) is 3.67. The van der Waals surface area contributed by atoms with Gasteiger partial charge in [-0.15, -0.1) is 11.3 Å². The maximum absolute atomic E-state index is 15.0. The highest BCUT2D eigenvalue weighted by molar-refractivity contribution is 7.12. The monoisotopic (exact) mass is 834 g/mol. The molecule has 4 amide bonds. The fourth-order valence-corrected chi connectivity index (χ4v) is 8.40. The molecule has 0 bridgehead atoms. The van der Waals surface area contributed by atoms with E-state index in [0.717, 1.165) is 22.8 Å². The summed E-state index contributed by atoms with van der Waals surface area (Å²) < 4.78 is 15.0. The van der Waals surface area contributed by atoms with E-state index in [4.69, 9.17) is 10.4 Å². The average molecular weight is 835 g/mol. The SMILES string of the molecule is CC(C)C[C@]1(/N=C2\N[C@](C)(C(C)C)CC(=O)N2Cc2csc(C(=O)N[C@@H](C)c3ccccc3)c2)CC(=O)N(Cc2cc(F)cc(C(=O)N[C@H](C)c3ccccc3)c2)C(=N)N1. The van der Waals surface area contributed by atoms with Gasteiger partial charge in [-0.25, -0.2) is 9.38 Å². The Morgan fingerprint density at radius 3 is 1.97 bits per heavy atom. The zero-order chi connectivity index (χ0) is 43.4. The van der Waals surface area contributed by atoms with Gasteiger partial charge in [0, 0.05) is 11.1 Å². The summed E-state index contributed by atoms with van der Waals surface area (Å²) in [5.41, 5.74) is 1.11. The minimum absolute atomic E-state index is 0.0250. The van der Waals surface area contributed by atoms with Crippen LogP contribution in [-0.2, 0) is 22.7 Å². The summed E-state index contributed by atoms with van der Waals surface area (Å²) in [5, 5.41) is 23.7. The Bertz CT molecular complexity index is 2240. The first-order valence-electron chi connectivity index (χ1n) is 20.4. The van der Waals surface area contributed by atoms with E-state index in [9.17, 15) is 23.6 Å². The minimum Gasteiger partial charge on any atom is -0.350 e. The molecule has 3 heterocycles. The van der Waals surface area contributed by atoms with Gasteiger partial charge in [-0.1, -0.05) is 88.4 Å². The van der Waals surface area contributed by atoms with Gasteiger partial charge >= 0.3 is 0 Å². The van der Waals surface area contributed by atoms with Crippen LogP contribution in [0.15, 0.2) is 95.3 Å². The van der Waals surface area contributed by atoms with Crippen molar-refractivity contribution in [3.05, 3.63) is 129 Å². The number of aliphatic imine (C=N–C) groups is 1. The molecule has 4 atom stereocenters. The molecule has 316 valence electrons. The maximum atomic E-state index is 15.0. The number of guanidine groups is 2.